The number of hydrogen-bond donors (Lipinski definition) is 0. The maximum atomic E-state index is 13.5. The maximum absolute atomic E-state index is 13.5. The van der Waals surface area contributed by atoms with Gasteiger partial charge in [-0.2, -0.15) is 0 Å². The van der Waals surface area contributed by atoms with Gasteiger partial charge in [-0.25, -0.2) is 8.78 Å². The van der Waals surface area contributed by atoms with Crippen LogP contribution in [0.5, 0.6) is 0 Å². The number of hydrogen-bond acceptors (Lipinski definition) is 5. The van der Waals surface area contributed by atoms with Crippen LogP contribution >= 0.6 is 0 Å². The summed E-state index contributed by atoms with van der Waals surface area (Å²) in [5.41, 5.74) is 0.653. The molecule has 0 saturated carbocycles. The molecule has 1 atom stereocenters. The van der Waals surface area contributed by atoms with Crippen LogP contribution in [0.3, 0.4) is 0 Å². The molecule has 2 aromatic rings. The van der Waals surface area contributed by atoms with Crippen molar-refractivity contribution in [2.45, 2.75) is 39.0 Å². The summed E-state index contributed by atoms with van der Waals surface area (Å²) in [5.74, 6) is -5.32. The van der Waals surface area contributed by atoms with Gasteiger partial charge in [-0.05, 0) is 54.8 Å². The Balaban J connectivity index is 2.43. The van der Waals surface area contributed by atoms with E-state index >= 15 is 0 Å². The molecule has 0 aromatic heterocycles. The number of rotatable bonds is 11. The number of Topliss-reactive ketones (excluding diaryl/α,β-unsaturated/α-hetero) is 1. The van der Waals surface area contributed by atoms with Gasteiger partial charge in [0.05, 0.1) is 13.2 Å². The molecule has 0 amide bonds. The molecule has 0 saturated heterocycles. The molecule has 0 aliphatic rings. The molecule has 0 N–H and O–H groups in total. The number of halogens is 2. The van der Waals surface area contributed by atoms with E-state index in [0.717, 1.165) is 12.1 Å². The zero-order valence-corrected chi connectivity index (χ0v) is 17.6. The van der Waals surface area contributed by atoms with Gasteiger partial charge in [-0.3, -0.25) is 14.4 Å². The van der Waals surface area contributed by atoms with Crippen LogP contribution < -0.4 is 0 Å². The highest BCUT2D eigenvalue weighted by molar-refractivity contribution is 6.00. The Labute approximate surface area is 180 Å². The molecular weight excluding hydrogens is 406 g/mol. The summed E-state index contributed by atoms with van der Waals surface area (Å²) in [7, 11) is 0. The number of carbonyl (C=O) groups excluding carboxylic acids is 3. The van der Waals surface area contributed by atoms with Gasteiger partial charge < -0.3 is 9.47 Å². The van der Waals surface area contributed by atoms with E-state index in [-0.39, 0.29) is 25.2 Å². The van der Waals surface area contributed by atoms with Crippen LogP contribution in [0, 0.1) is 17.6 Å². The molecule has 0 spiro atoms. The molecule has 166 valence electrons. The molecule has 7 heteroatoms. The van der Waals surface area contributed by atoms with Crippen molar-refractivity contribution in [2.75, 3.05) is 13.2 Å². The van der Waals surface area contributed by atoms with Crippen molar-refractivity contribution in [3.05, 3.63) is 71.3 Å². The minimum atomic E-state index is -1.40. The minimum Gasteiger partial charge on any atom is -0.465 e. The van der Waals surface area contributed by atoms with Crippen LogP contribution in [0.15, 0.2) is 48.5 Å². The van der Waals surface area contributed by atoms with E-state index in [2.05, 4.69) is 0 Å². The molecule has 0 radical (unpaired) electrons. The largest absolute Gasteiger partial charge is 0.465 e. The van der Waals surface area contributed by atoms with E-state index in [1.54, 1.807) is 0 Å². The Morgan fingerprint density at radius 3 is 1.68 bits per heavy atom. The minimum absolute atomic E-state index is 0.110. The second-order valence-corrected chi connectivity index (χ2v) is 7.10. The lowest BCUT2D eigenvalue weighted by Crippen LogP contribution is -2.35. The average Bonchev–Trinajstić information content (AvgIpc) is 2.76. The summed E-state index contributed by atoms with van der Waals surface area (Å²) in [6.45, 7) is 3.84. The van der Waals surface area contributed by atoms with E-state index in [1.807, 2.05) is 13.8 Å². The van der Waals surface area contributed by atoms with Gasteiger partial charge in [0.15, 0.2) is 11.7 Å². The second-order valence-electron chi connectivity index (χ2n) is 7.10. The van der Waals surface area contributed by atoms with E-state index in [9.17, 15) is 23.2 Å². The highest BCUT2D eigenvalue weighted by atomic mass is 19.1. The summed E-state index contributed by atoms with van der Waals surface area (Å²) in [6, 6.07) is 10.2. The van der Waals surface area contributed by atoms with Gasteiger partial charge in [0.25, 0.3) is 0 Å². The molecule has 2 rings (SSSR count). The Hall–Kier alpha value is -3.09. The summed E-state index contributed by atoms with van der Waals surface area (Å²) < 4.78 is 37.1. The molecule has 0 heterocycles. The number of carbonyl (C=O) groups is 3. The fraction of sp³-hybridized carbons (Fsp3) is 0.375. The van der Waals surface area contributed by atoms with Gasteiger partial charge in [0, 0.05) is 17.9 Å². The SMILES string of the molecule is CCCOC(=O)C(C(=O)OCCC)[C@H](CC(=O)c1ccc(F)cc1)c1ccc(F)cc1. The van der Waals surface area contributed by atoms with E-state index in [1.165, 1.54) is 36.4 Å². The highest BCUT2D eigenvalue weighted by Gasteiger charge is 2.39. The fourth-order valence-corrected chi connectivity index (χ4v) is 3.10. The highest BCUT2D eigenvalue weighted by Crippen LogP contribution is 2.32. The number of ketones is 1. The molecule has 0 aliphatic heterocycles. The predicted octanol–water partition coefficient (Wildman–Crippen LogP) is 4.84. The van der Waals surface area contributed by atoms with Crippen LogP contribution in [0.1, 0.15) is 54.9 Å². The number of esters is 2. The first-order chi connectivity index (χ1) is 14.9. The average molecular weight is 432 g/mol. The molecule has 0 unspecified atom stereocenters. The zero-order chi connectivity index (χ0) is 22.8. The van der Waals surface area contributed by atoms with Crippen LogP contribution in [0.2, 0.25) is 0 Å². The Bertz CT molecular complexity index is 858. The van der Waals surface area contributed by atoms with E-state index in [4.69, 9.17) is 9.47 Å². The molecule has 0 bridgehead atoms. The van der Waals surface area contributed by atoms with Crippen LogP contribution in [0.4, 0.5) is 8.78 Å². The molecular formula is C24H26F2O5. The van der Waals surface area contributed by atoms with Crippen LogP contribution in [0.25, 0.3) is 0 Å². The number of ether oxygens (including phenoxy) is 2. The smallest absolute Gasteiger partial charge is 0.320 e. The van der Waals surface area contributed by atoms with Gasteiger partial charge >= 0.3 is 11.9 Å². The third-order valence-corrected chi connectivity index (χ3v) is 4.68. The predicted molar refractivity (Wildman–Crippen MR) is 110 cm³/mol. The monoisotopic (exact) mass is 432 g/mol. The third-order valence-electron chi connectivity index (χ3n) is 4.68. The third kappa shape index (κ3) is 6.98. The van der Waals surface area contributed by atoms with Crippen molar-refractivity contribution in [1.82, 2.24) is 0 Å². The van der Waals surface area contributed by atoms with Crippen molar-refractivity contribution in [2.24, 2.45) is 5.92 Å². The Morgan fingerprint density at radius 1 is 0.774 bits per heavy atom. The van der Waals surface area contributed by atoms with Crippen molar-refractivity contribution < 1.29 is 32.6 Å². The van der Waals surface area contributed by atoms with Gasteiger partial charge in [0.1, 0.15) is 11.6 Å². The lowest BCUT2D eigenvalue weighted by Gasteiger charge is -2.24. The maximum Gasteiger partial charge on any atom is 0.320 e. The van der Waals surface area contributed by atoms with Crippen molar-refractivity contribution >= 4 is 17.7 Å². The number of benzene rings is 2. The van der Waals surface area contributed by atoms with Crippen molar-refractivity contribution in [1.29, 1.82) is 0 Å². The summed E-state index contributed by atoms with van der Waals surface area (Å²) in [6.07, 6.45) is 0.862. The van der Waals surface area contributed by atoms with Crippen molar-refractivity contribution in [3.8, 4) is 0 Å². The van der Waals surface area contributed by atoms with Crippen LogP contribution in [-0.2, 0) is 19.1 Å². The first-order valence-corrected chi connectivity index (χ1v) is 10.2. The summed E-state index contributed by atoms with van der Waals surface area (Å²) >= 11 is 0. The first-order valence-electron chi connectivity index (χ1n) is 10.2. The van der Waals surface area contributed by atoms with Gasteiger partial charge in [-0.15, -0.1) is 0 Å². The molecule has 0 aliphatic carbocycles. The zero-order valence-electron chi connectivity index (χ0n) is 17.6. The van der Waals surface area contributed by atoms with Crippen LogP contribution in [-0.4, -0.2) is 30.9 Å². The normalized spacial score (nSPS) is 11.8. The quantitative estimate of drug-likeness (QED) is 0.289. The van der Waals surface area contributed by atoms with Gasteiger partial charge in [0.2, 0.25) is 0 Å². The fourth-order valence-electron chi connectivity index (χ4n) is 3.10. The van der Waals surface area contributed by atoms with Crippen molar-refractivity contribution in [3.63, 3.8) is 0 Å². The van der Waals surface area contributed by atoms with E-state index in [0.29, 0.717) is 18.4 Å². The molecule has 2 aromatic carbocycles. The first kappa shape index (κ1) is 24.2. The van der Waals surface area contributed by atoms with Gasteiger partial charge in [-0.1, -0.05) is 26.0 Å². The summed E-state index contributed by atoms with van der Waals surface area (Å²) in [5, 5.41) is 0. The lowest BCUT2D eigenvalue weighted by molar-refractivity contribution is -0.163. The molecule has 31 heavy (non-hydrogen) atoms. The second kappa shape index (κ2) is 11.9. The topological polar surface area (TPSA) is 69.7 Å². The molecule has 0 fully saturated rings. The summed E-state index contributed by atoms with van der Waals surface area (Å²) in [4.78, 5) is 38.5. The Morgan fingerprint density at radius 2 is 1.23 bits per heavy atom. The Kier molecular flexibility index (Phi) is 9.31. The molecule has 5 nitrogen and oxygen atoms in total. The lowest BCUT2D eigenvalue weighted by atomic mass is 9.81. The van der Waals surface area contributed by atoms with E-state index < -0.39 is 41.2 Å². The standard InChI is InChI=1S/C24H26F2O5/c1-3-13-30-23(28)22(24(29)31-14-4-2)20(16-5-9-18(25)10-6-16)15-21(27)17-7-11-19(26)12-8-17/h5-12,20,22H,3-4,13-15H2,1-2H3/t20-/m1/s1.